The molecule has 5 nitrogen and oxygen atoms in total. The van der Waals surface area contributed by atoms with E-state index in [1.165, 1.54) is 12.3 Å². The van der Waals surface area contributed by atoms with E-state index >= 15 is 0 Å². The average molecular weight is 336 g/mol. The van der Waals surface area contributed by atoms with Gasteiger partial charge in [-0.2, -0.15) is 0 Å². The molecule has 1 aromatic rings. The van der Waals surface area contributed by atoms with Crippen LogP contribution in [-0.2, 0) is 14.3 Å². The van der Waals surface area contributed by atoms with Gasteiger partial charge in [-0.3, -0.25) is 9.69 Å². The number of aromatic nitrogens is 1. The average Bonchev–Trinajstić information content (AvgIpc) is 2.64. The molecule has 24 heavy (non-hydrogen) atoms. The van der Waals surface area contributed by atoms with Crippen LogP contribution < -0.4 is 4.90 Å². The third kappa shape index (κ3) is 4.51. The maximum atomic E-state index is 13.2. The second kappa shape index (κ2) is 8.53. The van der Waals surface area contributed by atoms with Gasteiger partial charge in [-0.15, -0.1) is 0 Å². The van der Waals surface area contributed by atoms with Crippen LogP contribution >= 0.6 is 0 Å². The van der Waals surface area contributed by atoms with E-state index in [2.05, 4.69) is 4.98 Å². The van der Waals surface area contributed by atoms with Crippen molar-refractivity contribution in [2.75, 3.05) is 31.3 Å². The highest BCUT2D eigenvalue weighted by Gasteiger charge is 2.28. The van der Waals surface area contributed by atoms with Crippen LogP contribution in [0.25, 0.3) is 0 Å². The van der Waals surface area contributed by atoms with Crippen molar-refractivity contribution in [3.63, 3.8) is 0 Å². The van der Waals surface area contributed by atoms with E-state index in [1.54, 1.807) is 11.0 Å². The fraction of sp³-hybridized carbons (Fsp3) is 0.667. The number of pyridine rings is 1. The number of carbonyl (C=O) groups excluding carboxylic acids is 1. The first-order chi connectivity index (χ1) is 11.7. The van der Waals surface area contributed by atoms with Crippen LogP contribution in [0, 0.1) is 11.7 Å². The van der Waals surface area contributed by atoms with Crippen molar-refractivity contribution in [2.24, 2.45) is 5.92 Å². The Morgan fingerprint density at radius 3 is 2.71 bits per heavy atom. The molecule has 3 rings (SSSR count). The summed E-state index contributed by atoms with van der Waals surface area (Å²) in [4.78, 5) is 18.8. The van der Waals surface area contributed by atoms with Crippen molar-refractivity contribution in [2.45, 2.75) is 44.6 Å². The van der Waals surface area contributed by atoms with Crippen molar-refractivity contribution in [3.05, 3.63) is 24.1 Å². The standard InChI is InChI=1S/C18H25FN2O3/c19-15-4-5-17(20-12-15)21(16-7-10-23-11-8-16)18(22)6-3-14-2-1-9-24-13-14/h4-5,12,14,16H,1-3,6-11,13H2/t14-/m0/s1. The molecule has 0 bridgehead atoms. The lowest BCUT2D eigenvalue weighted by Crippen LogP contribution is -2.44. The molecule has 6 heteroatoms. The van der Waals surface area contributed by atoms with Gasteiger partial charge in [0.2, 0.25) is 5.91 Å². The van der Waals surface area contributed by atoms with Crippen LogP contribution in [0.3, 0.4) is 0 Å². The van der Waals surface area contributed by atoms with Gasteiger partial charge in [0.1, 0.15) is 11.6 Å². The lowest BCUT2D eigenvalue weighted by molar-refractivity contribution is -0.120. The maximum Gasteiger partial charge on any atom is 0.228 e. The Balaban J connectivity index is 1.67. The highest BCUT2D eigenvalue weighted by molar-refractivity contribution is 5.93. The van der Waals surface area contributed by atoms with Gasteiger partial charge >= 0.3 is 0 Å². The number of nitrogens with zero attached hydrogens (tertiary/aromatic N) is 2. The Morgan fingerprint density at radius 1 is 1.21 bits per heavy atom. The topological polar surface area (TPSA) is 51.7 Å². The molecule has 132 valence electrons. The first-order valence-electron chi connectivity index (χ1n) is 8.83. The maximum absolute atomic E-state index is 13.2. The van der Waals surface area contributed by atoms with E-state index < -0.39 is 5.82 Å². The van der Waals surface area contributed by atoms with E-state index in [-0.39, 0.29) is 11.9 Å². The van der Waals surface area contributed by atoms with Crippen LogP contribution in [0.15, 0.2) is 18.3 Å². The summed E-state index contributed by atoms with van der Waals surface area (Å²) in [5.41, 5.74) is 0. The largest absolute Gasteiger partial charge is 0.381 e. The third-order valence-corrected chi connectivity index (χ3v) is 4.80. The molecule has 2 fully saturated rings. The Kier molecular flexibility index (Phi) is 6.15. The highest BCUT2D eigenvalue weighted by Crippen LogP contribution is 2.25. The zero-order valence-electron chi connectivity index (χ0n) is 14.0. The Hall–Kier alpha value is -1.53. The normalized spacial score (nSPS) is 22.3. The number of halogens is 1. The van der Waals surface area contributed by atoms with Gasteiger partial charge in [0.05, 0.1) is 6.20 Å². The zero-order chi connectivity index (χ0) is 16.8. The molecular formula is C18H25FN2O3. The van der Waals surface area contributed by atoms with Crippen molar-refractivity contribution < 1.29 is 18.7 Å². The summed E-state index contributed by atoms with van der Waals surface area (Å²) in [5.74, 6) is 0.665. The molecule has 1 amide bonds. The number of anilines is 1. The predicted octanol–water partition coefficient (Wildman–Crippen LogP) is 2.94. The van der Waals surface area contributed by atoms with Gasteiger partial charge in [0, 0.05) is 38.9 Å². The van der Waals surface area contributed by atoms with E-state index in [0.717, 1.165) is 45.3 Å². The van der Waals surface area contributed by atoms with Crippen molar-refractivity contribution >= 4 is 11.7 Å². The number of hydrogen-bond acceptors (Lipinski definition) is 4. The predicted molar refractivity (Wildman–Crippen MR) is 88.3 cm³/mol. The molecule has 3 heterocycles. The van der Waals surface area contributed by atoms with Gasteiger partial charge in [-0.05, 0) is 50.2 Å². The molecule has 0 radical (unpaired) electrons. The zero-order valence-corrected chi connectivity index (χ0v) is 14.0. The van der Waals surface area contributed by atoms with Gasteiger partial charge in [0.15, 0.2) is 0 Å². The summed E-state index contributed by atoms with van der Waals surface area (Å²) in [5, 5.41) is 0. The van der Waals surface area contributed by atoms with E-state index in [0.29, 0.717) is 31.4 Å². The Labute approximate surface area is 142 Å². The van der Waals surface area contributed by atoms with Crippen LogP contribution in [0.2, 0.25) is 0 Å². The molecule has 0 N–H and O–H groups in total. The molecule has 0 aliphatic carbocycles. The third-order valence-electron chi connectivity index (χ3n) is 4.80. The van der Waals surface area contributed by atoms with E-state index in [9.17, 15) is 9.18 Å². The van der Waals surface area contributed by atoms with Crippen LogP contribution in [0.1, 0.15) is 38.5 Å². The quantitative estimate of drug-likeness (QED) is 0.829. The number of carbonyl (C=O) groups is 1. The second-order valence-electron chi connectivity index (χ2n) is 6.56. The summed E-state index contributed by atoms with van der Waals surface area (Å²) < 4.78 is 24.1. The number of rotatable bonds is 5. The Bertz CT molecular complexity index is 526. The van der Waals surface area contributed by atoms with Crippen molar-refractivity contribution in [3.8, 4) is 0 Å². The molecule has 2 aliphatic rings. The lowest BCUT2D eigenvalue weighted by atomic mass is 9.96. The fourth-order valence-corrected chi connectivity index (χ4v) is 3.46. The summed E-state index contributed by atoms with van der Waals surface area (Å²) in [6, 6.07) is 3.02. The van der Waals surface area contributed by atoms with Gasteiger partial charge in [0.25, 0.3) is 0 Å². The number of ether oxygens (including phenoxy) is 2. The summed E-state index contributed by atoms with van der Waals surface area (Å²) in [6.07, 6.45) is 6.25. The van der Waals surface area contributed by atoms with Crippen molar-refractivity contribution in [1.29, 1.82) is 0 Å². The smallest absolute Gasteiger partial charge is 0.228 e. The van der Waals surface area contributed by atoms with Crippen LogP contribution in [0.4, 0.5) is 10.2 Å². The SMILES string of the molecule is O=C(CC[C@@H]1CCCOC1)N(c1ccc(F)cn1)C1CCOCC1. The monoisotopic (exact) mass is 336 g/mol. The van der Waals surface area contributed by atoms with Crippen LogP contribution in [0.5, 0.6) is 0 Å². The lowest BCUT2D eigenvalue weighted by Gasteiger charge is -2.34. The molecule has 1 aromatic heterocycles. The summed E-state index contributed by atoms with van der Waals surface area (Å²) >= 11 is 0. The summed E-state index contributed by atoms with van der Waals surface area (Å²) in [7, 11) is 0. The molecule has 2 saturated heterocycles. The molecule has 0 aromatic carbocycles. The second-order valence-corrected chi connectivity index (χ2v) is 6.56. The van der Waals surface area contributed by atoms with Gasteiger partial charge < -0.3 is 9.47 Å². The summed E-state index contributed by atoms with van der Waals surface area (Å²) in [6.45, 7) is 2.87. The minimum atomic E-state index is -0.391. The van der Waals surface area contributed by atoms with Crippen molar-refractivity contribution in [1.82, 2.24) is 4.98 Å². The molecule has 2 aliphatic heterocycles. The molecule has 0 spiro atoms. The minimum absolute atomic E-state index is 0.0616. The Morgan fingerprint density at radius 2 is 2.04 bits per heavy atom. The van der Waals surface area contributed by atoms with Crippen LogP contribution in [-0.4, -0.2) is 43.4 Å². The number of amides is 1. The minimum Gasteiger partial charge on any atom is -0.381 e. The molecule has 0 unspecified atom stereocenters. The van der Waals surface area contributed by atoms with E-state index in [1.807, 2.05) is 0 Å². The molecule has 0 saturated carbocycles. The highest BCUT2D eigenvalue weighted by atomic mass is 19.1. The fourth-order valence-electron chi connectivity index (χ4n) is 3.46. The number of hydrogen-bond donors (Lipinski definition) is 0. The van der Waals surface area contributed by atoms with E-state index in [4.69, 9.17) is 9.47 Å². The molecule has 1 atom stereocenters. The first kappa shape index (κ1) is 17.3. The molecular weight excluding hydrogens is 311 g/mol. The van der Waals surface area contributed by atoms with Gasteiger partial charge in [-0.25, -0.2) is 9.37 Å². The first-order valence-corrected chi connectivity index (χ1v) is 8.83. The van der Waals surface area contributed by atoms with Gasteiger partial charge in [-0.1, -0.05) is 0 Å².